The first-order valence-electron chi connectivity index (χ1n) is 6.73. The molecule has 0 atom stereocenters. The zero-order valence-corrected chi connectivity index (χ0v) is 11.1. The minimum Gasteiger partial charge on any atom is -0.478 e. The van der Waals surface area contributed by atoms with E-state index >= 15 is 0 Å². The fourth-order valence-electron chi connectivity index (χ4n) is 2.43. The van der Waals surface area contributed by atoms with E-state index in [1.54, 1.807) is 4.90 Å². The van der Waals surface area contributed by atoms with Gasteiger partial charge in [0.1, 0.15) is 11.3 Å². The van der Waals surface area contributed by atoms with Crippen LogP contribution in [0, 0.1) is 0 Å². The van der Waals surface area contributed by atoms with Crippen LogP contribution in [0.25, 0.3) is 0 Å². The average molecular weight is 265 g/mol. The smallest absolute Gasteiger partial charge is 0.339 e. The monoisotopic (exact) mass is 265 g/mol. The molecule has 1 fully saturated rings. The van der Waals surface area contributed by atoms with Gasteiger partial charge >= 0.3 is 5.97 Å². The number of carboxylic acids is 1. The van der Waals surface area contributed by atoms with Crippen LogP contribution >= 0.6 is 0 Å². The van der Waals surface area contributed by atoms with E-state index in [9.17, 15) is 9.59 Å². The largest absolute Gasteiger partial charge is 0.478 e. The van der Waals surface area contributed by atoms with Crippen LogP contribution in [-0.2, 0) is 6.54 Å². The van der Waals surface area contributed by atoms with Crippen molar-refractivity contribution >= 4 is 11.9 Å². The SMILES string of the molecule is CCn1ncc(C(=O)O)c1C(=O)N1CCCCCC1. The fourth-order valence-corrected chi connectivity index (χ4v) is 2.43. The normalized spacial score (nSPS) is 16.2. The molecule has 19 heavy (non-hydrogen) atoms. The number of amides is 1. The Morgan fingerprint density at radius 2 is 1.89 bits per heavy atom. The lowest BCUT2D eigenvalue weighted by Gasteiger charge is -2.20. The zero-order chi connectivity index (χ0) is 13.8. The first-order chi connectivity index (χ1) is 9.15. The summed E-state index contributed by atoms with van der Waals surface area (Å²) in [6.45, 7) is 3.74. The van der Waals surface area contributed by atoms with Crippen molar-refractivity contribution in [1.29, 1.82) is 0 Å². The summed E-state index contributed by atoms with van der Waals surface area (Å²) >= 11 is 0. The van der Waals surface area contributed by atoms with E-state index in [0.717, 1.165) is 25.7 Å². The highest BCUT2D eigenvalue weighted by Gasteiger charge is 2.26. The van der Waals surface area contributed by atoms with Gasteiger partial charge in [-0.25, -0.2) is 4.79 Å². The van der Waals surface area contributed by atoms with Gasteiger partial charge in [0.25, 0.3) is 5.91 Å². The van der Waals surface area contributed by atoms with E-state index < -0.39 is 5.97 Å². The molecule has 2 heterocycles. The lowest BCUT2D eigenvalue weighted by Crippen LogP contribution is -2.34. The van der Waals surface area contributed by atoms with Crippen LogP contribution in [0.5, 0.6) is 0 Å². The van der Waals surface area contributed by atoms with Crippen LogP contribution in [0.1, 0.15) is 53.5 Å². The number of nitrogens with zero attached hydrogens (tertiary/aromatic N) is 3. The number of hydrogen-bond acceptors (Lipinski definition) is 3. The van der Waals surface area contributed by atoms with Gasteiger partial charge in [0.05, 0.1) is 6.20 Å². The van der Waals surface area contributed by atoms with Crippen molar-refractivity contribution in [3.8, 4) is 0 Å². The third kappa shape index (κ3) is 2.77. The summed E-state index contributed by atoms with van der Waals surface area (Å²) in [5, 5.41) is 13.1. The van der Waals surface area contributed by atoms with Crippen molar-refractivity contribution in [2.75, 3.05) is 13.1 Å². The summed E-state index contributed by atoms with van der Waals surface area (Å²) in [7, 11) is 0. The van der Waals surface area contributed by atoms with Crippen molar-refractivity contribution in [3.63, 3.8) is 0 Å². The van der Waals surface area contributed by atoms with Crippen LogP contribution < -0.4 is 0 Å². The van der Waals surface area contributed by atoms with Crippen molar-refractivity contribution in [2.45, 2.75) is 39.2 Å². The van der Waals surface area contributed by atoms with Gasteiger partial charge in [-0.1, -0.05) is 12.8 Å². The Balaban J connectivity index is 2.30. The highest BCUT2D eigenvalue weighted by atomic mass is 16.4. The second-order valence-electron chi connectivity index (χ2n) is 4.73. The molecule has 0 saturated carbocycles. The summed E-state index contributed by atoms with van der Waals surface area (Å²) in [5.41, 5.74) is 0.202. The number of aromatic nitrogens is 2. The van der Waals surface area contributed by atoms with Gasteiger partial charge in [-0.2, -0.15) is 5.10 Å². The minimum atomic E-state index is -1.10. The van der Waals surface area contributed by atoms with Crippen molar-refractivity contribution < 1.29 is 14.7 Å². The number of carboxylic acid groups (broad SMARTS) is 1. The van der Waals surface area contributed by atoms with Crippen LogP contribution in [-0.4, -0.2) is 44.8 Å². The topological polar surface area (TPSA) is 75.4 Å². The molecule has 6 heteroatoms. The van der Waals surface area contributed by atoms with Crippen molar-refractivity contribution in [1.82, 2.24) is 14.7 Å². The third-order valence-electron chi connectivity index (χ3n) is 3.47. The average Bonchev–Trinajstić information content (AvgIpc) is 2.64. The van der Waals surface area contributed by atoms with Crippen LogP contribution in [0.15, 0.2) is 6.20 Å². The molecule has 0 bridgehead atoms. The maximum atomic E-state index is 12.5. The Bertz CT molecular complexity index is 473. The first kappa shape index (κ1) is 13.6. The van der Waals surface area contributed by atoms with Gasteiger partial charge in [0.15, 0.2) is 0 Å². The summed E-state index contributed by atoms with van der Waals surface area (Å²) in [4.78, 5) is 25.5. The van der Waals surface area contributed by atoms with Gasteiger partial charge in [0, 0.05) is 19.6 Å². The molecule has 0 radical (unpaired) electrons. The van der Waals surface area contributed by atoms with Crippen LogP contribution in [0.2, 0.25) is 0 Å². The number of hydrogen-bond donors (Lipinski definition) is 1. The third-order valence-corrected chi connectivity index (χ3v) is 3.47. The van der Waals surface area contributed by atoms with E-state index in [1.165, 1.54) is 10.9 Å². The second-order valence-corrected chi connectivity index (χ2v) is 4.73. The van der Waals surface area contributed by atoms with E-state index in [0.29, 0.717) is 19.6 Å². The Morgan fingerprint density at radius 3 is 2.42 bits per heavy atom. The molecule has 1 aromatic heterocycles. The van der Waals surface area contributed by atoms with Crippen LogP contribution in [0.4, 0.5) is 0 Å². The fraction of sp³-hybridized carbons (Fsp3) is 0.615. The molecule has 1 saturated heterocycles. The Labute approximate surface area is 112 Å². The lowest BCUT2D eigenvalue weighted by molar-refractivity contribution is 0.0672. The molecular formula is C13H19N3O3. The molecular weight excluding hydrogens is 246 g/mol. The number of carbonyl (C=O) groups excluding carboxylic acids is 1. The molecule has 1 amide bonds. The molecule has 1 aromatic rings. The highest BCUT2D eigenvalue weighted by Crippen LogP contribution is 2.16. The number of aryl methyl sites for hydroxylation is 1. The van der Waals surface area contributed by atoms with Gasteiger partial charge in [-0.05, 0) is 19.8 Å². The molecule has 104 valence electrons. The summed E-state index contributed by atoms with van der Waals surface area (Å²) in [6.07, 6.45) is 5.48. The molecule has 6 nitrogen and oxygen atoms in total. The predicted molar refractivity (Wildman–Crippen MR) is 69.2 cm³/mol. The van der Waals surface area contributed by atoms with Gasteiger partial charge < -0.3 is 10.0 Å². The molecule has 2 rings (SSSR count). The lowest BCUT2D eigenvalue weighted by atomic mass is 10.2. The molecule has 0 spiro atoms. The minimum absolute atomic E-state index is 0.00361. The molecule has 0 unspecified atom stereocenters. The number of rotatable bonds is 3. The summed E-state index contributed by atoms with van der Waals surface area (Å²) in [5.74, 6) is -1.31. The molecule has 0 aliphatic carbocycles. The Hall–Kier alpha value is -1.85. The summed E-state index contributed by atoms with van der Waals surface area (Å²) < 4.78 is 1.47. The molecule has 1 aliphatic heterocycles. The van der Waals surface area contributed by atoms with E-state index in [1.807, 2.05) is 6.92 Å². The van der Waals surface area contributed by atoms with Crippen molar-refractivity contribution in [3.05, 3.63) is 17.5 Å². The zero-order valence-electron chi connectivity index (χ0n) is 11.1. The molecule has 1 N–H and O–H groups in total. The summed E-state index contributed by atoms with van der Waals surface area (Å²) in [6, 6.07) is 0. The number of carbonyl (C=O) groups is 2. The van der Waals surface area contributed by atoms with Crippen LogP contribution in [0.3, 0.4) is 0 Å². The number of aromatic carboxylic acids is 1. The molecule has 0 aromatic carbocycles. The number of likely N-dealkylation sites (tertiary alicyclic amines) is 1. The second kappa shape index (κ2) is 5.86. The van der Waals surface area contributed by atoms with E-state index in [2.05, 4.69) is 5.10 Å². The Morgan fingerprint density at radius 1 is 1.26 bits per heavy atom. The first-order valence-corrected chi connectivity index (χ1v) is 6.73. The standard InChI is InChI=1S/C13H19N3O3/c1-2-16-11(10(9-14-16)13(18)19)12(17)15-7-5-3-4-6-8-15/h9H,2-8H2,1H3,(H,18,19). The van der Waals surface area contributed by atoms with Gasteiger partial charge in [-0.15, -0.1) is 0 Å². The predicted octanol–water partition coefficient (Wildman–Crippen LogP) is 1.62. The van der Waals surface area contributed by atoms with E-state index in [-0.39, 0.29) is 17.2 Å². The Kier molecular flexibility index (Phi) is 4.19. The van der Waals surface area contributed by atoms with Crippen molar-refractivity contribution in [2.24, 2.45) is 0 Å². The molecule has 1 aliphatic rings. The highest BCUT2D eigenvalue weighted by molar-refractivity contribution is 6.03. The maximum absolute atomic E-state index is 12.5. The van der Waals surface area contributed by atoms with Gasteiger partial charge in [0.2, 0.25) is 0 Å². The van der Waals surface area contributed by atoms with Gasteiger partial charge in [-0.3, -0.25) is 9.48 Å². The maximum Gasteiger partial charge on any atom is 0.339 e. The van der Waals surface area contributed by atoms with E-state index in [4.69, 9.17) is 5.11 Å². The quantitative estimate of drug-likeness (QED) is 0.901.